The van der Waals surface area contributed by atoms with Crippen molar-refractivity contribution in [2.45, 2.75) is 51.4 Å². The van der Waals surface area contributed by atoms with Crippen molar-refractivity contribution in [3.05, 3.63) is 41.0 Å². The zero-order valence-corrected chi connectivity index (χ0v) is 12.1. The lowest BCUT2D eigenvalue weighted by Crippen LogP contribution is -2.16. The highest BCUT2D eigenvalue weighted by atomic mass is 16.1. The fourth-order valence-electron chi connectivity index (χ4n) is 3.29. The van der Waals surface area contributed by atoms with Crippen LogP contribution in [0.1, 0.15) is 60.9 Å². The predicted octanol–water partition coefficient (Wildman–Crippen LogP) is 4.51. The molecule has 0 radical (unpaired) electrons. The third-order valence-corrected chi connectivity index (χ3v) is 4.42. The zero-order chi connectivity index (χ0) is 13.8. The lowest BCUT2D eigenvalue weighted by molar-refractivity contribution is 0.102. The molecule has 0 bridgehead atoms. The highest BCUT2D eigenvalue weighted by Gasteiger charge is 2.20. The Bertz CT molecular complexity index is 530. The Kier molecular flexibility index (Phi) is 4.19. The third-order valence-electron chi connectivity index (χ3n) is 4.42. The first-order valence-corrected chi connectivity index (χ1v) is 7.96. The highest BCUT2D eigenvalue weighted by molar-refractivity contribution is 6.10. The number of hydrogen-bond acceptors (Lipinski definition) is 2. The Morgan fingerprint density at radius 2 is 1.90 bits per heavy atom. The first-order valence-electron chi connectivity index (χ1n) is 7.96. The molecular weight excluding hydrogens is 246 g/mol. The zero-order valence-electron chi connectivity index (χ0n) is 12.1. The van der Waals surface area contributed by atoms with Crippen LogP contribution in [-0.2, 0) is 6.42 Å². The van der Waals surface area contributed by atoms with E-state index in [1.165, 1.54) is 24.8 Å². The van der Waals surface area contributed by atoms with Crippen LogP contribution in [0.15, 0.2) is 29.8 Å². The first-order chi connectivity index (χ1) is 9.86. The smallest absolute Gasteiger partial charge is 0.189 e. The van der Waals surface area contributed by atoms with Crippen molar-refractivity contribution in [3.63, 3.8) is 0 Å². The Balaban J connectivity index is 1.90. The summed E-state index contributed by atoms with van der Waals surface area (Å²) in [6.07, 6.45) is 11.3. The predicted molar refractivity (Wildman–Crippen MR) is 83.4 cm³/mol. The summed E-state index contributed by atoms with van der Waals surface area (Å²) in [5, 5.41) is 3.41. The van der Waals surface area contributed by atoms with Crippen molar-refractivity contribution in [2.24, 2.45) is 0 Å². The van der Waals surface area contributed by atoms with Gasteiger partial charge in [-0.25, -0.2) is 0 Å². The van der Waals surface area contributed by atoms with Crippen LogP contribution in [0, 0.1) is 0 Å². The summed E-state index contributed by atoms with van der Waals surface area (Å²) >= 11 is 0. The topological polar surface area (TPSA) is 29.1 Å². The van der Waals surface area contributed by atoms with Crippen LogP contribution in [0.3, 0.4) is 0 Å². The molecule has 1 heterocycles. The lowest BCUT2D eigenvalue weighted by Gasteiger charge is -2.21. The van der Waals surface area contributed by atoms with Crippen LogP contribution < -0.4 is 5.32 Å². The van der Waals surface area contributed by atoms with E-state index in [1.54, 1.807) is 0 Å². The monoisotopic (exact) mass is 269 g/mol. The number of hydrogen-bond donors (Lipinski definition) is 1. The van der Waals surface area contributed by atoms with Gasteiger partial charge < -0.3 is 5.32 Å². The summed E-state index contributed by atoms with van der Waals surface area (Å²) < 4.78 is 0. The Labute approximate surface area is 121 Å². The number of nitrogens with one attached hydrogen (secondary N) is 1. The van der Waals surface area contributed by atoms with Crippen molar-refractivity contribution in [3.8, 4) is 0 Å². The maximum atomic E-state index is 12.8. The molecule has 2 aliphatic rings. The average molecular weight is 269 g/mol. The molecule has 0 spiro atoms. The molecule has 1 N–H and O–H groups in total. The van der Waals surface area contributed by atoms with E-state index < -0.39 is 0 Å². The summed E-state index contributed by atoms with van der Waals surface area (Å²) in [6, 6.07) is 6.11. The lowest BCUT2D eigenvalue weighted by atomic mass is 9.89. The van der Waals surface area contributed by atoms with Crippen LogP contribution in [0.2, 0.25) is 0 Å². The van der Waals surface area contributed by atoms with Gasteiger partial charge in [-0.3, -0.25) is 4.79 Å². The van der Waals surface area contributed by atoms with Crippen LogP contribution in [0.4, 0.5) is 5.69 Å². The number of carbonyl (C=O) groups is 1. The van der Waals surface area contributed by atoms with Crippen LogP contribution in [0.5, 0.6) is 0 Å². The molecular formula is C18H23NO. The molecule has 0 amide bonds. The number of allylic oxidation sites excluding steroid dienone is 2. The maximum Gasteiger partial charge on any atom is 0.189 e. The van der Waals surface area contributed by atoms with Gasteiger partial charge in [0.25, 0.3) is 0 Å². The highest BCUT2D eigenvalue weighted by Crippen LogP contribution is 2.28. The molecule has 0 fully saturated rings. The molecule has 0 saturated carbocycles. The maximum absolute atomic E-state index is 12.8. The number of anilines is 1. The molecule has 0 saturated heterocycles. The molecule has 3 rings (SSSR count). The van der Waals surface area contributed by atoms with Gasteiger partial charge in [0.05, 0.1) is 0 Å². The van der Waals surface area contributed by atoms with Crippen LogP contribution >= 0.6 is 0 Å². The molecule has 1 aromatic rings. The number of fused-ring (bicyclic) bond motifs is 1. The van der Waals surface area contributed by atoms with Crippen molar-refractivity contribution in [1.29, 1.82) is 0 Å². The van der Waals surface area contributed by atoms with E-state index in [-0.39, 0.29) is 5.78 Å². The summed E-state index contributed by atoms with van der Waals surface area (Å²) in [7, 11) is 0. The largest absolute Gasteiger partial charge is 0.385 e. The third kappa shape index (κ3) is 2.79. The number of rotatable bonds is 2. The minimum Gasteiger partial charge on any atom is -0.385 e. The van der Waals surface area contributed by atoms with E-state index in [0.717, 1.165) is 55.5 Å². The molecule has 2 heteroatoms. The summed E-state index contributed by atoms with van der Waals surface area (Å²) in [5.74, 6) is 0.271. The second kappa shape index (κ2) is 6.25. The second-order valence-electron chi connectivity index (χ2n) is 5.87. The molecule has 106 valence electrons. The van der Waals surface area contributed by atoms with Crippen LogP contribution in [0.25, 0.3) is 0 Å². The van der Waals surface area contributed by atoms with Gasteiger partial charge in [0.15, 0.2) is 5.78 Å². The van der Waals surface area contributed by atoms with Crippen molar-refractivity contribution in [1.82, 2.24) is 0 Å². The van der Waals surface area contributed by atoms with Gasteiger partial charge in [0, 0.05) is 17.8 Å². The molecule has 1 aliphatic carbocycles. The van der Waals surface area contributed by atoms with E-state index in [0.29, 0.717) is 0 Å². The summed E-state index contributed by atoms with van der Waals surface area (Å²) in [6.45, 7) is 1.02. The van der Waals surface area contributed by atoms with Gasteiger partial charge in [0.2, 0.25) is 0 Å². The number of carbonyl (C=O) groups excluding carboxylic acids is 1. The molecule has 0 unspecified atom stereocenters. The Morgan fingerprint density at radius 1 is 1.00 bits per heavy atom. The Morgan fingerprint density at radius 3 is 2.85 bits per heavy atom. The molecule has 0 aromatic heterocycles. The van der Waals surface area contributed by atoms with Gasteiger partial charge in [0.1, 0.15) is 0 Å². The van der Waals surface area contributed by atoms with Crippen molar-refractivity contribution < 1.29 is 4.79 Å². The standard InChI is InChI=1S/C18H23NO/c20-18(14-8-4-2-1-3-5-9-14)16-10-6-12-17-15(16)11-7-13-19-17/h6,8,10,12,19H,1-5,7,9,11,13H2/b14-8+. The number of Topliss-reactive ketones (excluding diaryl/α,β-unsaturated/α-hetero) is 1. The van der Waals surface area contributed by atoms with Crippen molar-refractivity contribution in [2.75, 3.05) is 11.9 Å². The minimum atomic E-state index is 0.271. The summed E-state index contributed by atoms with van der Waals surface area (Å²) in [5.41, 5.74) is 4.37. The molecule has 1 aromatic carbocycles. The fraction of sp³-hybridized carbons (Fsp3) is 0.500. The summed E-state index contributed by atoms with van der Waals surface area (Å²) in [4.78, 5) is 12.8. The van der Waals surface area contributed by atoms with E-state index in [9.17, 15) is 4.79 Å². The molecule has 1 aliphatic heterocycles. The average Bonchev–Trinajstić information content (AvgIpc) is 2.46. The van der Waals surface area contributed by atoms with E-state index in [2.05, 4.69) is 17.5 Å². The fourth-order valence-corrected chi connectivity index (χ4v) is 3.29. The van der Waals surface area contributed by atoms with Gasteiger partial charge in [-0.15, -0.1) is 0 Å². The van der Waals surface area contributed by atoms with Gasteiger partial charge in [-0.2, -0.15) is 0 Å². The molecule has 0 atom stereocenters. The first kappa shape index (κ1) is 13.4. The SMILES string of the molecule is O=C(/C1=C/CCCCCC1)c1cccc2c1CCCN2. The minimum absolute atomic E-state index is 0.271. The van der Waals surface area contributed by atoms with Crippen LogP contribution in [-0.4, -0.2) is 12.3 Å². The van der Waals surface area contributed by atoms with E-state index in [1.807, 2.05) is 12.1 Å². The quantitative estimate of drug-likeness (QED) is 0.800. The van der Waals surface area contributed by atoms with Gasteiger partial charge in [-0.05, 0) is 55.7 Å². The molecule has 2 nitrogen and oxygen atoms in total. The van der Waals surface area contributed by atoms with Gasteiger partial charge >= 0.3 is 0 Å². The van der Waals surface area contributed by atoms with Crippen molar-refractivity contribution >= 4 is 11.5 Å². The normalized spacial score (nSPS) is 21.7. The number of benzene rings is 1. The molecule has 20 heavy (non-hydrogen) atoms. The second-order valence-corrected chi connectivity index (χ2v) is 5.87. The van der Waals surface area contributed by atoms with E-state index in [4.69, 9.17) is 0 Å². The van der Waals surface area contributed by atoms with Gasteiger partial charge in [-0.1, -0.05) is 31.1 Å². The Hall–Kier alpha value is -1.57. The van der Waals surface area contributed by atoms with E-state index >= 15 is 0 Å². The number of ketones is 1.